The fourth-order valence-electron chi connectivity index (χ4n) is 2.47. The van der Waals surface area contributed by atoms with Crippen LogP contribution in [0.2, 0.25) is 0 Å². The average molecular weight is 267 g/mol. The lowest BCUT2D eigenvalue weighted by molar-refractivity contribution is -0.387. The summed E-state index contributed by atoms with van der Waals surface area (Å²) in [6, 6.07) is 4.58. The Morgan fingerprint density at radius 1 is 1.63 bits per heavy atom. The maximum Gasteiger partial charge on any atom is 0.306 e. The molecule has 5 nitrogen and oxygen atoms in total. The van der Waals surface area contributed by atoms with E-state index < -0.39 is 16.4 Å². The molecule has 0 aliphatic carbocycles. The Morgan fingerprint density at radius 2 is 2.42 bits per heavy atom. The first-order valence-electron chi connectivity index (χ1n) is 6.50. The molecule has 1 aliphatic heterocycles. The smallest absolute Gasteiger partial charge is 0.306 e. The minimum atomic E-state index is -0.805. The summed E-state index contributed by atoms with van der Waals surface area (Å²) in [5, 5.41) is 17.3. The highest BCUT2D eigenvalue weighted by molar-refractivity contribution is 5.52. The molecule has 6 heteroatoms. The molecule has 19 heavy (non-hydrogen) atoms. The Bertz CT molecular complexity index is 461. The van der Waals surface area contributed by atoms with E-state index in [1.807, 2.05) is 6.92 Å². The van der Waals surface area contributed by atoms with Crippen molar-refractivity contribution in [3.63, 3.8) is 0 Å². The van der Waals surface area contributed by atoms with Gasteiger partial charge >= 0.3 is 5.69 Å². The Balaban J connectivity index is 1.98. The molecule has 2 N–H and O–H groups in total. The van der Waals surface area contributed by atoms with E-state index in [1.165, 1.54) is 18.6 Å². The van der Waals surface area contributed by atoms with E-state index in [4.69, 9.17) is 0 Å². The second-order valence-electron chi connectivity index (χ2n) is 5.00. The Morgan fingerprint density at radius 3 is 3.05 bits per heavy atom. The quantitative estimate of drug-likeness (QED) is 0.635. The summed E-state index contributed by atoms with van der Waals surface area (Å²) in [7, 11) is 0. The van der Waals surface area contributed by atoms with Crippen LogP contribution < -0.4 is 10.6 Å². The summed E-state index contributed by atoms with van der Waals surface area (Å²) < 4.78 is 13.2. The molecule has 1 aromatic carbocycles. The van der Waals surface area contributed by atoms with Gasteiger partial charge in [0.05, 0.1) is 4.92 Å². The zero-order valence-corrected chi connectivity index (χ0v) is 10.9. The topological polar surface area (TPSA) is 67.2 Å². The van der Waals surface area contributed by atoms with Crippen molar-refractivity contribution in [3.05, 3.63) is 34.1 Å². The number of benzene rings is 1. The van der Waals surface area contributed by atoms with Crippen molar-refractivity contribution in [2.24, 2.45) is 0 Å². The molecule has 1 aromatic rings. The van der Waals surface area contributed by atoms with Crippen molar-refractivity contribution < 1.29 is 9.31 Å². The third-order valence-electron chi connectivity index (χ3n) is 3.36. The molecule has 0 aromatic heterocycles. The molecular formula is C13H18FN3O2. The van der Waals surface area contributed by atoms with Gasteiger partial charge in [-0.05, 0) is 44.9 Å². The summed E-state index contributed by atoms with van der Waals surface area (Å²) in [5.74, 6) is -0.805. The van der Waals surface area contributed by atoms with Gasteiger partial charge in [-0.25, -0.2) is 0 Å². The summed E-state index contributed by atoms with van der Waals surface area (Å²) in [6.07, 6.45) is 3.31. The van der Waals surface area contributed by atoms with Crippen LogP contribution >= 0.6 is 0 Å². The SMILES string of the molecule is CC(CC1CCCN1)Nc1ccc(F)c([N+](=O)[O-])c1. The van der Waals surface area contributed by atoms with Crippen LogP contribution in [0.25, 0.3) is 0 Å². The molecule has 0 amide bonds. The summed E-state index contributed by atoms with van der Waals surface area (Å²) in [5.41, 5.74) is 0.0924. The fourth-order valence-corrected chi connectivity index (χ4v) is 2.47. The molecular weight excluding hydrogens is 249 g/mol. The second kappa shape index (κ2) is 5.97. The van der Waals surface area contributed by atoms with E-state index >= 15 is 0 Å². The highest BCUT2D eigenvalue weighted by atomic mass is 19.1. The van der Waals surface area contributed by atoms with Crippen LogP contribution in [-0.4, -0.2) is 23.6 Å². The molecule has 1 aliphatic rings. The van der Waals surface area contributed by atoms with Crippen molar-refractivity contribution in [1.29, 1.82) is 0 Å². The number of hydrogen-bond acceptors (Lipinski definition) is 4. The zero-order chi connectivity index (χ0) is 13.8. The van der Waals surface area contributed by atoms with Gasteiger partial charge in [0.25, 0.3) is 0 Å². The van der Waals surface area contributed by atoms with Crippen LogP contribution in [0.15, 0.2) is 18.2 Å². The van der Waals surface area contributed by atoms with Crippen LogP contribution in [0.5, 0.6) is 0 Å². The Labute approximate surface area is 111 Å². The molecule has 1 saturated heterocycles. The average Bonchev–Trinajstić information content (AvgIpc) is 2.84. The number of nitro groups is 1. The number of rotatable bonds is 5. The Hall–Kier alpha value is -1.69. The second-order valence-corrected chi connectivity index (χ2v) is 5.00. The predicted octanol–water partition coefficient (Wildman–Crippen LogP) is 2.68. The number of nitro benzene ring substituents is 1. The van der Waals surface area contributed by atoms with Gasteiger partial charge in [0.2, 0.25) is 5.82 Å². The van der Waals surface area contributed by atoms with Crippen molar-refractivity contribution in [3.8, 4) is 0 Å². The van der Waals surface area contributed by atoms with Crippen molar-refractivity contribution >= 4 is 11.4 Å². The first-order chi connectivity index (χ1) is 9.06. The molecule has 2 unspecified atom stereocenters. The van der Waals surface area contributed by atoms with E-state index in [2.05, 4.69) is 10.6 Å². The van der Waals surface area contributed by atoms with Gasteiger partial charge in [0.15, 0.2) is 0 Å². The van der Waals surface area contributed by atoms with Crippen molar-refractivity contribution in [1.82, 2.24) is 5.32 Å². The van der Waals surface area contributed by atoms with E-state index in [0.29, 0.717) is 11.7 Å². The fraction of sp³-hybridized carbons (Fsp3) is 0.538. The van der Waals surface area contributed by atoms with Crippen LogP contribution in [0.1, 0.15) is 26.2 Å². The van der Waals surface area contributed by atoms with Gasteiger partial charge < -0.3 is 10.6 Å². The van der Waals surface area contributed by atoms with Gasteiger partial charge in [0, 0.05) is 23.8 Å². The largest absolute Gasteiger partial charge is 0.382 e. The maximum absolute atomic E-state index is 13.2. The van der Waals surface area contributed by atoms with E-state index in [9.17, 15) is 14.5 Å². The molecule has 104 valence electrons. The number of nitrogens with zero attached hydrogens (tertiary/aromatic N) is 1. The summed E-state index contributed by atoms with van der Waals surface area (Å²) in [4.78, 5) is 9.96. The highest BCUT2D eigenvalue weighted by Crippen LogP contribution is 2.23. The van der Waals surface area contributed by atoms with Gasteiger partial charge in [-0.3, -0.25) is 10.1 Å². The maximum atomic E-state index is 13.2. The number of nitrogens with one attached hydrogen (secondary N) is 2. The zero-order valence-electron chi connectivity index (χ0n) is 10.9. The third-order valence-corrected chi connectivity index (χ3v) is 3.36. The molecule has 2 rings (SSSR count). The van der Waals surface area contributed by atoms with E-state index in [-0.39, 0.29) is 6.04 Å². The standard InChI is InChI=1S/C13H18FN3O2/c1-9(7-10-3-2-6-15-10)16-11-4-5-12(14)13(8-11)17(18)19/h4-5,8-10,15-16H,2-3,6-7H2,1H3. The van der Waals surface area contributed by atoms with Crippen LogP contribution in [0, 0.1) is 15.9 Å². The highest BCUT2D eigenvalue weighted by Gasteiger charge is 2.18. The number of hydrogen-bond donors (Lipinski definition) is 2. The number of halogens is 1. The molecule has 1 heterocycles. The van der Waals surface area contributed by atoms with E-state index in [0.717, 1.165) is 25.5 Å². The van der Waals surface area contributed by atoms with E-state index in [1.54, 1.807) is 0 Å². The minimum Gasteiger partial charge on any atom is -0.382 e. The number of anilines is 1. The van der Waals surface area contributed by atoms with Gasteiger partial charge in [-0.1, -0.05) is 0 Å². The molecule has 0 saturated carbocycles. The molecule has 0 spiro atoms. The lowest BCUT2D eigenvalue weighted by Crippen LogP contribution is -2.29. The van der Waals surface area contributed by atoms with Crippen LogP contribution in [-0.2, 0) is 0 Å². The first-order valence-corrected chi connectivity index (χ1v) is 6.50. The summed E-state index contributed by atoms with van der Waals surface area (Å²) >= 11 is 0. The van der Waals surface area contributed by atoms with Gasteiger partial charge in [0.1, 0.15) is 0 Å². The lowest BCUT2D eigenvalue weighted by Gasteiger charge is -2.19. The predicted molar refractivity (Wildman–Crippen MR) is 71.8 cm³/mol. The van der Waals surface area contributed by atoms with Crippen LogP contribution in [0.4, 0.5) is 15.8 Å². The minimum absolute atomic E-state index is 0.181. The molecule has 0 bridgehead atoms. The molecule has 1 fully saturated rings. The monoisotopic (exact) mass is 267 g/mol. The van der Waals surface area contributed by atoms with Crippen molar-refractivity contribution in [2.75, 3.05) is 11.9 Å². The third kappa shape index (κ3) is 3.64. The molecule has 0 radical (unpaired) electrons. The Kier molecular flexibility index (Phi) is 4.31. The lowest BCUT2D eigenvalue weighted by atomic mass is 10.1. The summed E-state index contributed by atoms with van der Waals surface area (Å²) in [6.45, 7) is 3.08. The normalized spacial score (nSPS) is 20.2. The van der Waals surface area contributed by atoms with Gasteiger partial charge in [-0.15, -0.1) is 0 Å². The van der Waals surface area contributed by atoms with Gasteiger partial charge in [-0.2, -0.15) is 4.39 Å². The van der Waals surface area contributed by atoms with Crippen molar-refractivity contribution in [2.45, 2.75) is 38.3 Å². The molecule has 2 atom stereocenters. The first kappa shape index (κ1) is 13.7. The van der Waals surface area contributed by atoms with Crippen LogP contribution in [0.3, 0.4) is 0 Å².